The summed E-state index contributed by atoms with van der Waals surface area (Å²) in [7, 11) is 0. The third kappa shape index (κ3) is 2.94. The van der Waals surface area contributed by atoms with E-state index in [0.717, 1.165) is 16.5 Å². The normalized spacial score (nSPS) is 19.9. The van der Waals surface area contributed by atoms with Crippen molar-refractivity contribution < 1.29 is 0 Å². The van der Waals surface area contributed by atoms with Gasteiger partial charge in [-0.25, -0.2) is 0 Å². The van der Waals surface area contributed by atoms with Gasteiger partial charge in [0.25, 0.3) is 0 Å². The molecule has 0 aliphatic carbocycles. The molecule has 5 heteroatoms. The number of thiophene rings is 1. The maximum atomic E-state index is 5.72. The Labute approximate surface area is 157 Å². The molecule has 0 saturated carbocycles. The van der Waals surface area contributed by atoms with Crippen molar-refractivity contribution in [1.29, 1.82) is 0 Å². The van der Waals surface area contributed by atoms with Crippen LogP contribution >= 0.6 is 23.6 Å². The molecular formula is C20H19N3S2. The summed E-state index contributed by atoms with van der Waals surface area (Å²) in [5, 5.41) is 6.40. The molecule has 0 amide bonds. The van der Waals surface area contributed by atoms with Crippen molar-refractivity contribution in [2.45, 2.75) is 25.9 Å². The van der Waals surface area contributed by atoms with Crippen molar-refractivity contribution in [3.05, 3.63) is 81.8 Å². The molecule has 0 spiro atoms. The molecule has 1 saturated heterocycles. The minimum absolute atomic E-state index is 0.0346. The molecule has 4 rings (SSSR count). The summed E-state index contributed by atoms with van der Waals surface area (Å²) in [6, 6.07) is 16.9. The lowest BCUT2D eigenvalue weighted by molar-refractivity contribution is 0.573. The smallest absolute Gasteiger partial charge is 0.174 e. The van der Waals surface area contributed by atoms with Crippen molar-refractivity contribution in [2.24, 2.45) is 0 Å². The van der Waals surface area contributed by atoms with Gasteiger partial charge in [-0.3, -0.25) is 4.98 Å². The zero-order valence-electron chi connectivity index (χ0n) is 14.1. The highest BCUT2D eigenvalue weighted by Crippen LogP contribution is 2.44. The van der Waals surface area contributed by atoms with E-state index in [1.807, 2.05) is 18.3 Å². The lowest BCUT2D eigenvalue weighted by Crippen LogP contribution is -2.29. The number of pyridine rings is 1. The lowest BCUT2D eigenvalue weighted by atomic mass is 10.0. The first-order valence-electron chi connectivity index (χ1n) is 8.26. The second-order valence-corrected chi connectivity index (χ2v) is 7.63. The van der Waals surface area contributed by atoms with Gasteiger partial charge in [0.2, 0.25) is 0 Å². The highest BCUT2D eigenvalue weighted by Gasteiger charge is 2.41. The molecule has 3 nitrogen and oxygen atoms in total. The molecule has 3 aromatic rings. The summed E-state index contributed by atoms with van der Waals surface area (Å²) in [6.45, 7) is 4.26. The Hall–Kier alpha value is -2.24. The molecule has 0 bridgehead atoms. The number of anilines is 1. The molecule has 1 N–H and O–H groups in total. The second-order valence-electron chi connectivity index (χ2n) is 6.30. The number of nitrogens with zero attached hydrogens (tertiary/aromatic N) is 2. The topological polar surface area (TPSA) is 28.2 Å². The summed E-state index contributed by atoms with van der Waals surface area (Å²) in [6.07, 6.45) is 1.84. The molecule has 0 radical (unpaired) electrons. The highest BCUT2D eigenvalue weighted by molar-refractivity contribution is 7.80. The largest absolute Gasteiger partial charge is 0.351 e. The van der Waals surface area contributed by atoms with E-state index < -0.39 is 0 Å². The number of thiocarbonyl (C=S) groups is 1. The van der Waals surface area contributed by atoms with Crippen molar-refractivity contribution in [2.75, 3.05) is 4.90 Å². The summed E-state index contributed by atoms with van der Waals surface area (Å²) < 4.78 is 0. The van der Waals surface area contributed by atoms with Gasteiger partial charge in [0, 0.05) is 16.8 Å². The van der Waals surface area contributed by atoms with E-state index in [1.165, 1.54) is 16.0 Å². The van der Waals surface area contributed by atoms with E-state index in [2.05, 4.69) is 70.8 Å². The first kappa shape index (κ1) is 16.2. The quantitative estimate of drug-likeness (QED) is 0.666. The van der Waals surface area contributed by atoms with Crippen LogP contribution in [0.3, 0.4) is 0 Å². The Morgan fingerprint density at radius 2 is 1.88 bits per heavy atom. The van der Waals surface area contributed by atoms with Gasteiger partial charge < -0.3 is 10.2 Å². The minimum Gasteiger partial charge on any atom is -0.351 e. The maximum absolute atomic E-state index is 5.72. The molecule has 1 aliphatic rings. The van der Waals surface area contributed by atoms with E-state index >= 15 is 0 Å². The Morgan fingerprint density at radius 3 is 2.52 bits per heavy atom. The number of nitrogens with one attached hydrogen (secondary N) is 1. The van der Waals surface area contributed by atoms with E-state index in [0.29, 0.717) is 0 Å². The summed E-state index contributed by atoms with van der Waals surface area (Å²) in [5.41, 5.74) is 4.66. The zero-order chi connectivity index (χ0) is 17.4. The van der Waals surface area contributed by atoms with E-state index in [1.54, 1.807) is 11.3 Å². The molecule has 3 heterocycles. The van der Waals surface area contributed by atoms with Crippen LogP contribution in [-0.2, 0) is 0 Å². The Balaban J connectivity index is 1.83. The van der Waals surface area contributed by atoms with Crippen molar-refractivity contribution in [3.63, 3.8) is 0 Å². The monoisotopic (exact) mass is 365 g/mol. The molecule has 1 fully saturated rings. The third-order valence-corrected chi connectivity index (χ3v) is 5.98. The maximum Gasteiger partial charge on any atom is 0.174 e. The fourth-order valence-corrected chi connectivity index (χ4v) is 4.69. The van der Waals surface area contributed by atoms with Crippen LogP contribution in [-0.4, -0.2) is 10.1 Å². The van der Waals surface area contributed by atoms with Crippen LogP contribution in [0.25, 0.3) is 0 Å². The van der Waals surface area contributed by atoms with Gasteiger partial charge in [-0.1, -0.05) is 23.8 Å². The van der Waals surface area contributed by atoms with Crippen LogP contribution < -0.4 is 10.2 Å². The van der Waals surface area contributed by atoms with Crippen LogP contribution in [0.5, 0.6) is 0 Å². The lowest BCUT2D eigenvalue weighted by Gasteiger charge is -2.27. The predicted molar refractivity (Wildman–Crippen MR) is 108 cm³/mol. The van der Waals surface area contributed by atoms with Crippen LogP contribution in [0.2, 0.25) is 0 Å². The average molecular weight is 366 g/mol. The van der Waals surface area contributed by atoms with Gasteiger partial charge in [0.05, 0.1) is 17.8 Å². The van der Waals surface area contributed by atoms with Gasteiger partial charge in [-0.05, 0) is 67.3 Å². The standard InChI is InChI=1S/C20H19N3S2/c1-13-6-8-15(9-7-13)23-18(19-14(2)10-12-25-19)17(22-20(23)24)16-5-3-4-11-21-16/h3-12,17-18H,1-2H3,(H,22,24)/t17-,18+/m0/s1. The fraction of sp³-hybridized carbons (Fsp3) is 0.200. The summed E-state index contributed by atoms with van der Waals surface area (Å²) in [4.78, 5) is 8.13. The molecule has 126 valence electrons. The third-order valence-electron chi connectivity index (χ3n) is 4.58. The van der Waals surface area contributed by atoms with Crippen LogP contribution in [0, 0.1) is 13.8 Å². The Morgan fingerprint density at radius 1 is 1.08 bits per heavy atom. The van der Waals surface area contributed by atoms with Crippen molar-refractivity contribution in [3.8, 4) is 0 Å². The summed E-state index contributed by atoms with van der Waals surface area (Å²) >= 11 is 7.50. The van der Waals surface area contributed by atoms with Gasteiger partial charge in [0.15, 0.2) is 5.11 Å². The van der Waals surface area contributed by atoms with Gasteiger partial charge in [-0.15, -0.1) is 11.3 Å². The highest BCUT2D eigenvalue weighted by atomic mass is 32.1. The van der Waals surface area contributed by atoms with Crippen molar-refractivity contribution in [1.82, 2.24) is 10.3 Å². The van der Waals surface area contributed by atoms with Crippen LogP contribution in [0.4, 0.5) is 5.69 Å². The average Bonchev–Trinajstić information content (AvgIpc) is 3.19. The Bertz CT molecular complexity index is 887. The van der Waals surface area contributed by atoms with Gasteiger partial charge >= 0.3 is 0 Å². The van der Waals surface area contributed by atoms with Crippen molar-refractivity contribution >= 4 is 34.4 Å². The minimum atomic E-state index is 0.0346. The predicted octanol–water partition coefficient (Wildman–Crippen LogP) is 4.94. The SMILES string of the molecule is Cc1ccc(N2C(=S)N[C@@H](c3ccccn3)[C@@H]2c2sccc2C)cc1. The number of benzene rings is 1. The first-order chi connectivity index (χ1) is 12.1. The number of hydrogen-bond donors (Lipinski definition) is 1. The van der Waals surface area contributed by atoms with Crippen LogP contribution in [0.15, 0.2) is 60.1 Å². The number of rotatable bonds is 3. The number of aromatic nitrogens is 1. The van der Waals surface area contributed by atoms with E-state index in [-0.39, 0.29) is 12.1 Å². The van der Waals surface area contributed by atoms with Crippen LogP contribution in [0.1, 0.15) is 33.8 Å². The zero-order valence-corrected chi connectivity index (χ0v) is 15.8. The number of aryl methyl sites for hydroxylation is 2. The van der Waals surface area contributed by atoms with Gasteiger partial charge in [-0.2, -0.15) is 0 Å². The van der Waals surface area contributed by atoms with E-state index in [9.17, 15) is 0 Å². The molecular weight excluding hydrogens is 346 g/mol. The van der Waals surface area contributed by atoms with Gasteiger partial charge in [0.1, 0.15) is 0 Å². The summed E-state index contributed by atoms with van der Waals surface area (Å²) in [5.74, 6) is 0. The van der Waals surface area contributed by atoms with E-state index in [4.69, 9.17) is 12.2 Å². The molecule has 1 aliphatic heterocycles. The first-order valence-corrected chi connectivity index (χ1v) is 9.55. The second kappa shape index (κ2) is 6.58. The molecule has 1 aromatic carbocycles. The molecule has 25 heavy (non-hydrogen) atoms. The number of hydrogen-bond acceptors (Lipinski definition) is 3. The molecule has 2 atom stereocenters. The Kier molecular flexibility index (Phi) is 4.27. The fourth-order valence-electron chi connectivity index (χ4n) is 3.29. The molecule has 0 unspecified atom stereocenters. The molecule has 2 aromatic heterocycles.